The van der Waals surface area contributed by atoms with Gasteiger partial charge in [-0.3, -0.25) is 4.98 Å². The Bertz CT molecular complexity index is 361. The maximum absolute atomic E-state index is 5.74. The summed E-state index contributed by atoms with van der Waals surface area (Å²) in [6.07, 6.45) is 4.05. The molecule has 1 aromatic heterocycles. The van der Waals surface area contributed by atoms with Gasteiger partial charge in [-0.1, -0.05) is 6.92 Å². The molecule has 4 heteroatoms. The fraction of sp³-hybridized carbons (Fsp3) is 0.667. The molecule has 1 aromatic rings. The van der Waals surface area contributed by atoms with Gasteiger partial charge in [0.2, 0.25) is 0 Å². The van der Waals surface area contributed by atoms with Gasteiger partial charge in [0, 0.05) is 18.6 Å². The van der Waals surface area contributed by atoms with E-state index in [0.717, 1.165) is 50.7 Å². The van der Waals surface area contributed by atoms with E-state index in [2.05, 4.69) is 24.1 Å². The number of nitrogens with zero attached hydrogens (tertiary/aromatic N) is 1. The first kappa shape index (κ1) is 14.3. The van der Waals surface area contributed by atoms with Gasteiger partial charge in [-0.25, -0.2) is 0 Å². The number of pyridine rings is 1. The summed E-state index contributed by atoms with van der Waals surface area (Å²) >= 11 is 0. The van der Waals surface area contributed by atoms with Crippen molar-refractivity contribution in [2.24, 2.45) is 5.92 Å². The standard InChI is InChI=1S/C15H24N2O2/c1-3-7-16-12(2)15-5-4-14(9-17-15)19-11-13-6-8-18-10-13/h4-5,9,12-13,16H,3,6-8,10-11H2,1-2H3. The molecule has 1 fully saturated rings. The molecule has 106 valence electrons. The van der Waals surface area contributed by atoms with E-state index in [1.807, 2.05) is 18.3 Å². The topological polar surface area (TPSA) is 43.4 Å². The molecule has 19 heavy (non-hydrogen) atoms. The zero-order valence-corrected chi connectivity index (χ0v) is 11.9. The molecule has 0 amide bonds. The van der Waals surface area contributed by atoms with Crippen LogP contribution in [0, 0.1) is 5.92 Å². The van der Waals surface area contributed by atoms with Crippen molar-refractivity contribution < 1.29 is 9.47 Å². The predicted octanol–water partition coefficient (Wildman–Crippen LogP) is 2.56. The van der Waals surface area contributed by atoms with Gasteiger partial charge in [0.15, 0.2) is 0 Å². The molecule has 2 unspecified atom stereocenters. The molecular weight excluding hydrogens is 240 g/mol. The predicted molar refractivity (Wildman–Crippen MR) is 75.4 cm³/mol. The molecule has 0 aromatic carbocycles. The molecule has 0 radical (unpaired) electrons. The van der Waals surface area contributed by atoms with Crippen LogP contribution >= 0.6 is 0 Å². The highest BCUT2D eigenvalue weighted by Gasteiger charge is 2.16. The first-order valence-electron chi connectivity index (χ1n) is 7.19. The van der Waals surface area contributed by atoms with Gasteiger partial charge in [-0.2, -0.15) is 0 Å². The van der Waals surface area contributed by atoms with E-state index in [-0.39, 0.29) is 6.04 Å². The fourth-order valence-electron chi connectivity index (χ4n) is 2.13. The Balaban J connectivity index is 1.80. The zero-order chi connectivity index (χ0) is 13.5. The van der Waals surface area contributed by atoms with Crippen LogP contribution in [-0.2, 0) is 4.74 Å². The van der Waals surface area contributed by atoms with E-state index in [4.69, 9.17) is 9.47 Å². The van der Waals surface area contributed by atoms with E-state index >= 15 is 0 Å². The van der Waals surface area contributed by atoms with Crippen LogP contribution in [0.5, 0.6) is 5.75 Å². The van der Waals surface area contributed by atoms with E-state index in [0.29, 0.717) is 5.92 Å². The molecule has 1 saturated heterocycles. The third-order valence-corrected chi connectivity index (χ3v) is 3.41. The van der Waals surface area contributed by atoms with Crippen molar-refractivity contribution >= 4 is 0 Å². The molecule has 4 nitrogen and oxygen atoms in total. The number of aromatic nitrogens is 1. The normalized spacial score (nSPS) is 20.4. The highest BCUT2D eigenvalue weighted by atomic mass is 16.5. The molecule has 0 aliphatic carbocycles. The highest BCUT2D eigenvalue weighted by molar-refractivity contribution is 5.21. The average molecular weight is 264 g/mol. The van der Waals surface area contributed by atoms with Crippen LogP contribution in [0.25, 0.3) is 0 Å². The van der Waals surface area contributed by atoms with Crippen LogP contribution in [-0.4, -0.2) is 31.3 Å². The van der Waals surface area contributed by atoms with Crippen molar-refractivity contribution in [1.82, 2.24) is 10.3 Å². The third kappa shape index (κ3) is 4.48. The van der Waals surface area contributed by atoms with Gasteiger partial charge in [0.05, 0.1) is 25.1 Å². The number of hydrogen-bond acceptors (Lipinski definition) is 4. The Hall–Kier alpha value is -1.13. The van der Waals surface area contributed by atoms with Crippen molar-refractivity contribution in [3.8, 4) is 5.75 Å². The smallest absolute Gasteiger partial charge is 0.137 e. The number of rotatable bonds is 7. The summed E-state index contributed by atoms with van der Waals surface area (Å²) in [7, 11) is 0. The van der Waals surface area contributed by atoms with Crippen molar-refractivity contribution in [3.63, 3.8) is 0 Å². The second-order valence-electron chi connectivity index (χ2n) is 5.14. The van der Waals surface area contributed by atoms with E-state index in [1.165, 1.54) is 0 Å². The van der Waals surface area contributed by atoms with Crippen molar-refractivity contribution in [2.75, 3.05) is 26.4 Å². The van der Waals surface area contributed by atoms with Gasteiger partial charge in [0.25, 0.3) is 0 Å². The SMILES string of the molecule is CCCNC(C)c1ccc(OCC2CCOC2)cn1. The largest absolute Gasteiger partial charge is 0.492 e. The Morgan fingerprint density at radius 3 is 3.05 bits per heavy atom. The highest BCUT2D eigenvalue weighted by Crippen LogP contribution is 2.17. The lowest BCUT2D eigenvalue weighted by Crippen LogP contribution is -2.20. The molecule has 1 aliphatic rings. The van der Waals surface area contributed by atoms with Gasteiger partial charge >= 0.3 is 0 Å². The summed E-state index contributed by atoms with van der Waals surface area (Å²) in [6.45, 7) is 7.73. The lowest BCUT2D eigenvalue weighted by Gasteiger charge is -2.14. The summed E-state index contributed by atoms with van der Waals surface area (Å²) in [6, 6.07) is 4.33. The van der Waals surface area contributed by atoms with Crippen LogP contribution in [0.4, 0.5) is 0 Å². The van der Waals surface area contributed by atoms with Crippen LogP contribution in [0.3, 0.4) is 0 Å². The van der Waals surface area contributed by atoms with Crippen LogP contribution in [0.1, 0.15) is 38.4 Å². The Labute approximate surface area is 115 Å². The molecular formula is C15H24N2O2. The second-order valence-corrected chi connectivity index (χ2v) is 5.14. The molecule has 0 bridgehead atoms. The Morgan fingerprint density at radius 2 is 2.42 bits per heavy atom. The summed E-state index contributed by atoms with van der Waals surface area (Å²) in [5.74, 6) is 1.38. The first-order chi connectivity index (χ1) is 9.29. The Kier molecular flexibility index (Phi) is 5.61. The minimum Gasteiger partial charge on any atom is -0.492 e. The summed E-state index contributed by atoms with van der Waals surface area (Å²) in [4.78, 5) is 4.46. The Morgan fingerprint density at radius 1 is 1.53 bits per heavy atom. The molecule has 2 heterocycles. The number of ether oxygens (including phenoxy) is 2. The van der Waals surface area contributed by atoms with Crippen LogP contribution < -0.4 is 10.1 Å². The molecule has 1 N–H and O–H groups in total. The van der Waals surface area contributed by atoms with Crippen molar-refractivity contribution in [3.05, 3.63) is 24.0 Å². The number of nitrogens with one attached hydrogen (secondary N) is 1. The second kappa shape index (κ2) is 7.46. The quantitative estimate of drug-likeness (QED) is 0.822. The van der Waals surface area contributed by atoms with E-state index < -0.39 is 0 Å². The molecule has 1 aliphatic heterocycles. The first-order valence-corrected chi connectivity index (χ1v) is 7.19. The van der Waals surface area contributed by atoms with E-state index in [9.17, 15) is 0 Å². The third-order valence-electron chi connectivity index (χ3n) is 3.41. The summed E-state index contributed by atoms with van der Waals surface area (Å²) < 4.78 is 11.1. The lowest BCUT2D eigenvalue weighted by atomic mass is 10.1. The van der Waals surface area contributed by atoms with Crippen molar-refractivity contribution in [1.29, 1.82) is 0 Å². The van der Waals surface area contributed by atoms with Gasteiger partial charge in [-0.05, 0) is 38.4 Å². The molecule has 2 atom stereocenters. The summed E-state index contributed by atoms with van der Waals surface area (Å²) in [5, 5.41) is 3.42. The average Bonchev–Trinajstić information content (AvgIpc) is 2.96. The minimum absolute atomic E-state index is 0.289. The maximum Gasteiger partial charge on any atom is 0.137 e. The monoisotopic (exact) mass is 264 g/mol. The van der Waals surface area contributed by atoms with Gasteiger partial charge in [-0.15, -0.1) is 0 Å². The minimum atomic E-state index is 0.289. The van der Waals surface area contributed by atoms with Crippen molar-refractivity contribution in [2.45, 2.75) is 32.7 Å². The molecule has 0 saturated carbocycles. The van der Waals surface area contributed by atoms with Gasteiger partial charge < -0.3 is 14.8 Å². The molecule has 2 rings (SSSR count). The lowest BCUT2D eigenvalue weighted by molar-refractivity contribution is 0.167. The van der Waals surface area contributed by atoms with Gasteiger partial charge in [0.1, 0.15) is 5.75 Å². The van der Waals surface area contributed by atoms with E-state index in [1.54, 1.807) is 0 Å². The number of hydrogen-bond donors (Lipinski definition) is 1. The summed E-state index contributed by atoms with van der Waals surface area (Å²) in [5.41, 5.74) is 1.06. The fourth-order valence-corrected chi connectivity index (χ4v) is 2.13. The maximum atomic E-state index is 5.74. The van der Waals surface area contributed by atoms with Crippen LogP contribution in [0.15, 0.2) is 18.3 Å². The van der Waals surface area contributed by atoms with Crippen LogP contribution in [0.2, 0.25) is 0 Å². The molecule has 0 spiro atoms. The zero-order valence-electron chi connectivity index (χ0n) is 11.9.